The minimum Gasteiger partial charge on any atom is -0.319 e. The van der Waals surface area contributed by atoms with Crippen LogP contribution in [0.1, 0.15) is 18.5 Å². The molecule has 1 amide bonds. The maximum Gasteiger partial charge on any atom is 0.295 e. The first-order valence-corrected chi connectivity index (χ1v) is 7.92. The summed E-state index contributed by atoms with van der Waals surface area (Å²) < 4.78 is 3.31. The number of hydrogen-bond acceptors (Lipinski definition) is 3. The van der Waals surface area contributed by atoms with E-state index in [9.17, 15) is 9.59 Å². The van der Waals surface area contributed by atoms with Crippen molar-refractivity contribution in [3.8, 4) is 5.69 Å². The second kappa shape index (κ2) is 6.42. The molecule has 122 valence electrons. The van der Waals surface area contributed by atoms with Crippen molar-refractivity contribution in [1.29, 1.82) is 0 Å². The van der Waals surface area contributed by atoms with Gasteiger partial charge in [-0.15, -0.1) is 0 Å². The van der Waals surface area contributed by atoms with Crippen LogP contribution in [0.15, 0.2) is 35.1 Å². The minimum atomic E-state index is -0.216. The van der Waals surface area contributed by atoms with Crippen molar-refractivity contribution in [2.75, 3.05) is 18.4 Å². The SMILES string of the molecule is Cc1c(NC(=O)CNCC2CC2)c(=O)n(-c2ccccc2)n1C. The van der Waals surface area contributed by atoms with E-state index in [2.05, 4.69) is 10.6 Å². The van der Waals surface area contributed by atoms with Gasteiger partial charge in [0.15, 0.2) is 0 Å². The largest absolute Gasteiger partial charge is 0.319 e. The molecule has 0 saturated heterocycles. The molecule has 1 heterocycles. The smallest absolute Gasteiger partial charge is 0.295 e. The van der Waals surface area contributed by atoms with Crippen LogP contribution in [-0.4, -0.2) is 28.4 Å². The van der Waals surface area contributed by atoms with Crippen molar-refractivity contribution in [2.45, 2.75) is 19.8 Å². The summed E-state index contributed by atoms with van der Waals surface area (Å²) in [6, 6.07) is 9.39. The van der Waals surface area contributed by atoms with Crippen LogP contribution in [-0.2, 0) is 11.8 Å². The highest BCUT2D eigenvalue weighted by Crippen LogP contribution is 2.27. The number of anilines is 1. The Hall–Kier alpha value is -2.34. The van der Waals surface area contributed by atoms with Gasteiger partial charge in [-0.3, -0.25) is 14.3 Å². The Bertz CT molecular complexity index is 757. The van der Waals surface area contributed by atoms with Crippen LogP contribution in [0.2, 0.25) is 0 Å². The number of rotatable bonds is 6. The fourth-order valence-electron chi connectivity index (χ4n) is 2.61. The number of amides is 1. The summed E-state index contributed by atoms with van der Waals surface area (Å²) in [7, 11) is 1.81. The molecule has 2 aromatic rings. The van der Waals surface area contributed by atoms with Gasteiger partial charge in [-0.25, -0.2) is 4.68 Å². The van der Waals surface area contributed by atoms with Gasteiger partial charge in [-0.2, -0.15) is 0 Å². The van der Waals surface area contributed by atoms with Crippen LogP contribution in [0.3, 0.4) is 0 Å². The summed E-state index contributed by atoms with van der Waals surface area (Å²) in [5.74, 6) is 0.535. The Morgan fingerprint density at radius 3 is 2.61 bits per heavy atom. The monoisotopic (exact) mass is 314 g/mol. The van der Waals surface area contributed by atoms with Crippen molar-refractivity contribution in [1.82, 2.24) is 14.7 Å². The Morgan fingerprint density at radius 1 is 1.26 bits per heavy atom. The fraction of sp³-hybridized carbons (Fsp3) is 0.412. The number of carbonyl (C=O) groups excluding carboxylic acids is 1. The highest BCUT2D eigenvalue weighted by Gasteiger charge is 2.21. The van der Waals surface area contributed by atoms with Crippen molar-refractivity contribution in [3.05, 3.63) is 46.4 Å². The first-order valence-electron chi connectivity index (χ1n) is 7.92. The second-order valence-electron chi connectivity index (χ2n) is 6.06. The lowest BCUT2D eigenvalue weighted by molar-refractivity contribution is -0.115. The maximum absolute atomic E-state index is 12.6. The molecule has 1 aliphatic carbocycles. The number of aromatic nitrogens is 2. The zero-order valence-corrected chi connectivity index (χ0v) is 13.5. The van der Waals surface area contributed by atoms with Crippen LogP contribution in [0.25, 0.3) is 5.69 Å². The van der Waals surface area contributed by atoms with Crippen molar-refractivity contribution >= 4 is 11.6 Å². The summed E-state index contributed by atoms with van der Waals surface area (Å²) in [5.41, 5.74) is 1.63. The van der Waals surface area contributed by atoms with Crippen molar-refractivity contribution < 1.29 is 4.79 Å². The maximum atomic E-state index is 12.6. The molecule has 6 heteroatoms. The third-order valence-corrected chi connectivity index (χ3v) is 4.23. The molecular formula is C17H22N4O2. The Balaban J connectivity index is 1.77. The average molecular weight is 314 g/mol. The molecule has 0 bridgehead atoms. The molecule has 1 fully saturated rings. The van der Waals surface area contributed by atoms with Crippen LogP contribution in [0.4, 0.5) is 5.69 Å². The highest BCUT2D eigenvalue weighted by molar-refractivity contribution is 5.92. The summed E-state index contributed by atoms with van der Waals surface area (Å²) in [4.78, 5) is 24.7. The summed E-state index contributed by atoms with van der Waals surface area (Å²) >= 11 is 0. The van der Waals surface area contributed by atoms with Gasteiger partial charge in [0.25, 0.3) is 5.56 Å². The molecule has 1 aromatic heterocycles. The first kappa shape index (κ1) is 15.6. The van der Waals surface area contributed by atoms with E-state index in [4.69, 9.17) is 0 Å². The molecule has 0 radical (unpaired) electrons. The van der Waals surface area contributed by atoms with Crippen LogP contribution in [0.5, 0.6) is 0 Å². The van der Waals surface area contributed by atoms with Gasteiger partial charge in [-0.05, 0) is 44.4 Å². The van der Waals surface area contributed by atoms with E-state index in [-0.39, 0.29) is 18.0 Å². The van der Waals surface area contributed by atoms with Gasteiger partial charge < -0.3 is 10.6 Å². The second-order valence-corrected chi connectivity index (χ2v) is 6.06. The van der Waals surface area contributed by atoms with E-state index < -0.39 is 0 Å². The quantitative estimate of drug-likeness (QED) is 0.847. The number of para-hydroxylation sites is 1. The number of nitrogens with one attached hydrogen (secondary N) is 2. The minimum absolute atomic E-state index is 0.184. The predicted octanol–water partition coefficient (Wildman–Crippen LogP) is 1.42. The van der Waals surface area contributed by atoms with Gasteiger partial charge in [-0.1, -0.05) is 18.2 Å². The summed E-state index contributed by atoms with van der Waals surface area (Å²) in [6.07, 6.45) is 2.49. The molecule has 0 atom stereocenters. The molecule has 0 unspecified atom stereocenters. The third kappa shape index (κ3) is 3.37. The lowest BCUT2D eigenvalue weighted by atomic mass is 10.3. The van der Waals surface area contributed by atoms with E-state index in [0.717, 1.165) is 23.8 Å². The number of nitrogens with zero attached hydrogens (tertiary/aromatic N) is 2. The average Bonchev–Trinajstić information content (AvgIpc) is 3.34. The molecule has 1 saturated carbocycles. The fourth-order valence-corrected chi connectivity index (χ4v) is 2.61. The normalized spacial score (nSPS) is 14.0. The van der Waals surface area contributed by atoms with Crippen LogP contribution >= 0.6 is 0 Å². The zero-order chi connectivity index (χ0) is 16.4. The Labute approximate surface area is 135 Å². The van der Waals surface area contributed by atoms with E-state index in [1.54, 1.807) is 9.36 Å². The molecular weight excluding hydrogens is 292 g/mol. The third-order valence-electron chi connectivity index (χ3n) is 4.23. The molecule has 1 aliphatic rings. The van der Waals surface area contributed by atoms with Crippen molar-refractivity contribution in [3.63, 3.8) is 0 Å². The van der Waals surface area contributed by atoms with Crippen molar-refractivity contribution in [2.24, 2.45) is 13.0 Å². The Morgan fingerprint density at radius 2 is 1.96 bits per heavy atom. The molecule has 0 spiro atoms. The van der Waals surface area contributed by atoms with Gasteiger partial charge in [0.1, 0.15) is 5.69 Å². The van der Waals surface area contributed by atoms with Gasteiger partial charge in [0.05, 0.1) is 17.9 Å². The summed E-state index contributed by atoms with van der Waals surface area (Å²) in [6.45, 7) is 2.93. The predicted molar refractivity (Wildman–Crippen MR) is 90.0 cm³/mol. The van der Waals surface area contributed by atoms with Gasteiger partial charge in [0, 0.05) is 7.05 Å². The standard InChI is InChI=1S/C17H22N4O2/c1-12-16(19-15(22)11-18-10-13-8-9-13)17(23)21(20(12)2)14-6-4-3-5-7-14/h3-7,13,18H,8-11H2,1-2H3,(H,19,22). The molecule has 1 aromatic carbocycles. The first-order chi connectivity index (χ1) is 11.1. The van der Waals surface area contributed by atoms with E-state index in [1.807, 2.05) is 44.3 Å². The Kier molecular flexibility index (Phi) is 4.34. The number of hydrogen-bond donors (Lipinski definition) is 2. The van der Waals surface area contributed by atoms with E-state index >= 15 is 0 Å². The number of benzene rings is 1. The zero-order valence-electron chi connectivity index (χ0n) is 13.5. The van der Waals surface area contributed by atoms with E-state index in [0.29, 0.717) is 5.69 Å². The molecule has 23 heavy (non-hydrogen) atoms. The summed E-state index contributed by atoms with van der Waals surface area (Å²) in [5, 5.41) is 5.88. The van der Waals surface area contributed by atoms with Crippen LogP contribution in [0, 0.1) is 12.8 Å². The molecule has 2 N–H and O–H groups in total. The van der Waals surface area contributed by atoms with Crippen LogP contribution < -0.4 is 16.2 Å². The van der Waals surface area contributed by atoms with Gasteiger partial charge >= 0.3 is 0 Å². The lowest BCUT2D eigenvalue weighted by Gasteiger charge is -2.07. The molecule has 6 nitrogen and oxygen atoms in total. The molecule has 0 aliphatic heterocycles. The van der Waals surface area contributed by atoms with E-state index in [1.165, 1.54) is 12.8 Å². The number of carbonyl (C=O) groups is 1. The van der Waals surface area contributed by atoms with Gasteiger partial charge in [0.2, 0.25) is 5.91 Å². The molecule has 3 rings (SSSR count). The lowest BCUT2D eigenvalue weighted by Crippen LogP contribution is -2.31. The topological polar surface area (TPSA) is 68.1 Å². The highest BCUT2D eigenvalue weighted by atomic mass is 16.2.